The number of carbonyl (C=O) groups is 5. The SMILES string of the molecule is Cc1ncsc1-c1ccc([C@H](C)NC(=O)C2CCCN2C(=O)C(NC(=O)CCCCCCC(=O)N2CCN(CC3(C)CCC(c4ccc(Cl)cc4)=C(CN4CCN(c5ccc(C(=O)NS(=O)(=O)c6ccc(NC(CCN(C)C)CSc7ccccc7)c(S(=O)(=O)C(F)(F)F)c6)cc5)CC4)C3)CC2)C(C)(C)C)cc1. The maximum absolute atomic E-state index is 14.3. The van der Waals surface area contributed by atoms with Gasteiger partial charge in [0, 0.05) is 118 Å². The number of allylic oxidation sites excluding steroid dienone is 1. The van der Waals surface area contributed by atoms with E-state index in [9.17, 15) is 54.0 Å². The van der Waals surface area contributed by atoms with Crippen LogP contribution in [-0.2, 0) is 39.0 Å². The average molecular weight is 1580 g/mol. The van der Waals surface area contributed by atoms with Gasteiger partial charge in [0.15, 0.2) is 0 Å². The number of piperazine rings is 2. The molecule has 3 saturated heterocycles. The van der Waals surface area contributed by atoms with Gasteiger partial charge in [-0.05, 0) is 186 Å². The van der Waals surface area contributed by atoms with Crippen molar-refractivity contribution < 1.29 is 54.0 Å². The third kappa shape index (κ3) is 22.0. The highest BCUT2D eigenvalue weighted by Gasteiger charge is 2.49. The van der Waals surface area contributed by atoms with Gasteiger partial charge in [0.25, 0.3) is 25.8 Å². The topological polar surface area (TPSA) is 234 Å². The number of alkyl halides is 3. The van der Waals surface area contributed by atoms with E-state index in [1.807, 2.05) is 135 Å². The highest BCUT2D eigenvalue weighted by atomic mass is 35.5. The van der Waals surface area contributed by atoms with Gasteiger partial charge in [-0.15, -0.1) is 23.1 Å². The molecule has 4 heterocycles. The van der Waals surface area contributed by atoms with Gasteiger partial charge in [0.05, 0.1) is 32.7 Å². The fraction of sp³-hybridized carbons (Fsp3) is 0.500. The first-order chi connectivity index (χ1) is 51.2. The number of nitrogens with zero attached hydrogens (tertiary/aromatic N) is 7. The summed E-state index contributed by atoms with van der Waals surface area (Å²) in [6, 6.07) is 32.0. The minimum Gasteiger partial charge on any atom is -0.380 e. The highest BCUT2D eigenvalue weighted by molar-refractivity contribution is 7.99. The van der Waals surface area contributed by atoms with Crippen LogP contribution < -0.4 is 25.6 Å². The lowest BCUT2D eigenvalue weighted by atomic mass is 9.71. The Morgan fingerprint density at radius 2 is 1.44 bits per heavy atom. The van der Waals surface area contributed by atoms with Crippen molar-refractivity contribution in [1.29, 1.82) is 0 Å². The zero-order chi connectivity index (χ0) is 77.7. The molecule has 108 heavy (non-hydrogen) atoms. The molecule has 4 aliphatic rings. The number of amides is 5. The smallest absolute Gasteiger partial charge is 0.380 e. The molecule has 10 rings (SSSR count). The number of aromatic nitrogens is 1. The second-order valence-electron chi connectivity index (χ2n) is 30.7. The van der Waals surface area contributed by atoms with Crippen LogP contribution in [0.15, 0.2) is 147 Å². The van der Waals surface area contributed by atoms with E-state index < -0.39 is 70.3 Å². The molecule has 5 atom stereocenters. The molecular formula is C80H103ClF3N11O9S4. The zero-order valence-electron chi connectivity index (χ0n) is 63.1. The molecule has 1 aliphatic carbocycles. The molecule has 5 aromatic carbocycles. The second-order valence-corrected chi connectivity index (χ2v) is 36.7. The minimum atomic E-state index is -6.09. The molecular weight excluding hydrogens is 1480 g/mol. The van der Waals surface area contributed by atoms with Crippen LogP contribution in [0, 0.1) is 17.8 Å². The molecule has 3 aliphatic heterocycles. The number of anilines is 2. The fourth-order valence-electron chi connectivity index (χ4n) is 14.8. The molecule has 3 fully saturated rings. The van der Waals surface area contributed by atoms with Crippen LogP contribution in [0.1, 0.15) is 145 Å². The number of hydrogen-bond donors (Lipinski definition) is 4. The number of thiazole rings is 1. The van der Waals surface area contributed by atoms with Crippen molar-refractivity contribution in [3.05, 3.63) is 160 Å². The maximum atomic E-state index is 14.3. The van der Waals surface area contributed by atoms with Crippen LogP contribution in [0.4, 0.5) is 24.5 Å². The normalized spacial score (nSPS) is 18.8. The summed E-state index contributed by atoms with van der Waals surface area (Å²) in [5.41, 5.74) is 2.67. The molecule has 0 bridgehead atoms. The fourth-order valence-corrected chi connectivity index (χ4v) is 18.7. The van der Waals surface area contributed by atoms with Crippen LogP contribution in [0.25, 0.3) is 16.0 Å². The maximum Gasteiger partial charge on any atom is 0.501 e. The van der Waals surface area contributed by atoms with Gasteiger partial charge in [0.2, 0.25) is 23.6 Å². The van der Waals surface area contributed by atoms with Gasteiger partial charge < -0.3 is 35.6 Å². The summed E-state index contributed by atoms with van der Waals surface area (Å²) < 4.78 is 98.5. The predicted molar refractivity (Wildman–Crippen MR) is 423 cm³/mol. The van der Waals surface area contributed by atoms with Crippen LogP contribution in [0.3, 0.4) is 0 Å². The molecule has 584 valence electrons. The number of aryl methyl sites for hydroxylation is 1. The van der Waals surface area contributed by atoms with E-state index in [0.29, 0.717) is 88.2 Å². The van der Waals surface area contributed by atoms with Gasteiger partial charge in [-0.25, -0.2) is 26.5 Å². The van der Waals surface area contributed by atoms with Gasteiger partial charge in [-0.1, -0.05) is 112 Å². The Morgan fingerprint density at radius 3 is 2.07 bits per heavy atom. The first kappa shape index (κ1) is 83.1. The van der Waals surface area contributed by atoms with E-state index in [4.69, 9.17) is 11.6 Å². The Hall–Kier alpha value is -7.37. The van der Waals surface area contributed by atoms with Gasteiger partial charge in [-0.3, -0.25) is 33.8 Å². The molecule has 4 unspecified atom stereocenters. The third-order valence-electron chi connectivity index (χ3n) is 21.0. The molecule has 1 aromatic heterocycles. The Bertz CT molecular complexity index is 4360. The van der Waals surface area contributed by atoms with Crippen molar-refractivity contribution in [2.45, 2.75) is 163 Å². The molecule has 20 nitrogen and oxygen atoms in total. The van der Waals surface area contributed by atoms with Crippen LogP contribution in [-0.4, -0.2) is 198 Å². The number of hydrogen-bond acceptors (Lipinski definition) is 17. The van der Waals surface area contributed by atoms with E-state index >= 15 is 0 Å². The number of benzene rings is 5. The van der Waals surface area contributed by atoms with E-state index in [2.05, 4.69) is 54.7 Å². The van der Waals surface area contributed by atoms with Crippen molar-refractivity contribution in [2.24, 2.45) is 10.8 Å². The summed E-state index contributed by atoms with van der Waals surface area (Å²) in [6.07, 6.45) is 8.05. The summed E-state index contributed by atoms with van der Waals surface area (Å²) in [4.78, 5) is 85.6. The third-order valence-corrected chi connectivity index (χ3v) is 26.3. The van der Waals surface area contributed by atoms with Gasteiger partial charge in [0.1, 0.15) is 17.0 Å². The highest BCUT2D eigenvalue weighted by Crippen LogP contribution is 2.45. The lowest BCUT2D eigenvalue weighted by Gasteiger charge is -2.44. The van der Waals surface area contributed by atoms with Crippen molar-refractivity contribution in [3.8, 4) is 10.4 Å². The molecule has 6 aromatic rings. The first-order valence-corrected chi connectivity index (χ1v) is 42.5. The number of thioether (sulfide) groups is 1. The Balaban J connectivity index is 0.660. The number of halogens is 4. The van der Waals surface area contributed by atoms with Crippen LogP contribution in [0.5, 0.6) is 0 Å². The lowest BCUT2D eigenvalue weighted by Crippen LogP contribution is -2.57. The first-order valence-electron chi connectivity index (χ1n) is 37.3. The van der Waals surface area contributed by atoms with E-state index in [1.54, 1.807) is 28.4 Å². The number of carbonyl (C=O) groups excluding carboxylic acids is 5. The summed E-state index contributed by atoms with van der Waals surface area (Å²) in [6.45, 7) is 20.4. The Kier molecular flexibility index (Phi) is 28.2. The number of sulfone groups is 1. The van der Waals surface area contributed by atoms with Crippen molar-refractivity contribution >= 4 is 101 Å². The largest absolute Gasteiger partial charge is 0.501 e. The monoisotopic (exact) mass is 1580 g/mol. The summed E-state index contributed by atoms with van der Waals surface area (Å²) in [7, 11) is -7.32. The summed E-state index contributed by atoms with van der Waals surface area (Å²) in [5, 5.41) is 9.80. The quantitative estimate of drug-likeness (QED) is 0.0234. The number of rotatable bonds is 31. The minimum absolute atomic E-state index is 0.0190. The number of sulfonamides is 1. The number of unbranched alkanes of at least 4 members (excludes halogenated alkanes) is 3. The van der Waals surface area contributed by atoms with E-state index in [1.165, 1.54) is 35.0 Å². The predicted octanol–water partition coefficient (Wildman–Crippen LogP) is 13.4. The molecule has 28 heteroatoms. The standard InChI is InChI=1S/C80H103ClF3N11O9S4/c1-55(57-22-24-59(25-23-57)73-56(2)85-54-106-73)86-76(99)69-19-16-39-95(69)77(100)74(78(3,4)5)88-71(96)20-14-9-10-15-21-72(97)94-47-43-92(44-48-94)53-79(6)38-36-67(58-26-30-62(81)31-27-58)61(50-79)51-91-41-45-93(46-42-91)64-32-28-60(29-33-64)75(98)89-108(103,104)66-34-35-68(70(49-66)107(101,102)80(82,83)84)87-63(37-40-90(7)8)52-105-65-17-12-11-13-18-65/h11-13,17-18,22-35,49,54-55,63,69,74,87H,9-10,14-16,19-21,36-48,50-53H2,1-8H3,(H,86,99)(H,88,96)(H,89,98)/t55-,63?,69?,74?,79?/m0/s1. The van der Waals surface area contributed by atoms with Crippen molar-refractivity contribution in [1.82, 2.24) is 44.8 Å². The van der Waals surface area contributed by atoms with Crippen molar-refractivity contribution in [2.75, 3.05) is 109 Å². The zero-order valence-corrected chi connectivity index (χ0v) is 67.1. The summed E-state index contributed by atoms with van der Waals surface area (Å²) in [5.74, 6) is -1.23. The van der Waals surface area contributed by atoms with Crippen LogP contribution >= 0.6 is 34.7 Å². The lowest BCUT2D eigenvalue weighted by molar-refractivity contribution is -0.144. The van der Waals surface area contributed by atoms with Gasteiger partial charge >= 0.3 is 5.51 Å². The van der Waals surface area contributed by atoms with E-state index in [-0.39, 0.29) is 47.1 Å². The van der Waals surface area contributed by atoms with Crippen LogP contribution in [0.2, 0.25) is 5.02 Å². The number of nitrogens with one attached hydrogen (secondary N) is 4. The molecule has 0 saturated carbocycles. The van der Waals surface area contributed by atoms with Crippen molar-refractivity contribution in [3.63, 3.8) is 0 Å². The van der Waals surface area contributed by atoms with Gasteiger partial charge in [-0.2, -0.15) is 13.2 Å². The molecule has 4 N–H and O–H groups in total. The molecule has 5 amide bonds. The summed E-state index contributed by atoms with van der Waals surface area (Å²) >= 11 is 9.41. The number of likely N-dealkylation sites (tertiary alicyclic amines) is 1. The second kappa shape index (κ2) is 36.6. The Morgan fingerprint density at radius 1 is 0.778 bits per heavy atom. The molecule has 0 radical (unpaired) electrons. The molecule has 0 spiro atoms. The Labute approximate surface area is 648 Å². The van der Waals surface area contributed by atoms with E-state index in [0.717, 1.165) is 128 Å². The average Bonchev–Trinajstić information content (AvgIpc) is 1.01.